The van der Waals surface area contributed by atoms with Gasteiger partial charge in [0.15, 0.2) is 0 Å². The van der Waals surface area contributed by atoms with Crippen molar-refractivity contribution in [3.05, 3.63) is 30.1 Å². The predicted octanol–water partition coefficient (Wildman–Crippen LogP) is 2.97. The first-order valence-electron chi connectivity index (χ1n) is 6.75. The molecule has 1 N–H and O–H groups in total. The van der Waals surface area contributed by atoms with E-state index in [1.807, 2.05) is 19.3 Å². The van der Waals surface area contributed by atoms with E-state index >= 15 is 0 Å². The molecule has 1 aliphatic rings. The summed E-state index contributed by atoms with van der Waals surface area (Å²) in [6.07, 6.45) is 8.63. The third-order valence-corrected chi connectivity index (χ3v) is 4.79. The van der Waals surface area contributed by atoms with Crippen LogP contribution in [-0.2, 0) is 5.41 Å². The molecule has 1 aromatic rings. The van der Waals surface area contributed by atoms with Gasteiger partial charge in [-0.15, -0.1) is 0 Å². The van der Waals surface area contributed by atoms with Crippen LogP contribution in [0.4, 0.5) is 0 Å². The average Bonchev–Trinajstić information content (AvgIpc) is 2.48. The summed E-state index contributed by atoms with van der Waals surface area (Å²) < 4.78 is 0. The number of rotatable bonds is 3. The SMILES string of the molecule is CNC(=S)[C@@]1(c2cccnc2)CCCC[C@@H]1CC#N. The van der Waals surface area contributed by atoms with Crippen molar-refractivity contribution in [2.24, 2.45) is 5.92 Å². The van der Waals surface area contributed by atoms with Gasteiger partial charge in [0, 0.05) is 25.9 Å². The van der Waals surface area contributed by atoms with Crippen LogP contribution < -0.4 is 5.32 Å². The zero-order valence-corrected chi connectivity index (χ0v) is 12.0. The van der Waals surface area contributed by atoms with Crippen molar-refractivity contribution in [3.8, 4) is 6.07 Å². The Kier molecular flexibility index (Phi) is 4.49. The Morgan fingerprint density at radius 3 is 3.11 bits per heavy atom. The Balaban J connectivity index is 2.49. The molecule has 1 aliphatic carbocycles. The fraction of sp³-hybridized carbons (Fsp3) is 0.533. The van der Waals surface area contributed by atoms with Gasteiger partial charge in [-0.2, -0.15) is 5.26 Å². The summed E-state index contributed by atoms with van der Waals surface area (Å²) >= 11 is 5.61. The number of thiocarbonyl (C=S) groups is 1. The monoisotopic (exact) mass is 273 g/mol. The lowest BCUT2D eigenvalue weighted by Gasteiger charge is -2.44. The van der Waals surface area contributed by atoms with Crippen LogP contribution in [0.25, 0.3) is 0 Å². The van der Waals surface area contributed by atoms with Crippen LogP contribution in [0.15, 0.2) is 24.5 Å². The van der Waals surface area contributed by atoms with Gasteiger partial charge in [0.05, 0.1) is 16.5 Å². The largest absolute Gasteiger partial charge is 0.382 e. The molecule has 0 saturated heterocycles. The highest BCUT2D eigenvalue weighted by Crippen LogP contribution is 2.45. The lowest BCUT2D eigenvalue weighted by molar-refractivity contribution is 0.255. The van der Waals surface area contributed by atoms with Crippen molar-refractivity contribution in [2.45, 2.75) is 37.5 Å². The number of likely N-dealkylation sites (N-methyl/N-ethyl adjacent to an activating group) is 1. The summed E-state index contributed by atoms with van der Waals surface area (Å²) in [5, 5.41) is 12.3. The number of hydrogen-bond acceptors (Lipinski definition) is 3. The minimum Gasteiger partial charge on any atom is -0.382 e. The number of nitrogens with zero attached hydrogens (tertiary/aromatic N) is 2. The number of aromatic nitrogens is 1. The molecule has 1 fully saturated rings. The molecule has 0 radical (unpaired) electrons. The van der Waals surface area contributed by atoms with E-state index < -0.39 is 0 Å². The van der Waals surface area contributed by atoms with Gasteiger partial charge >= 0.3 is 0 Å². The lowest BCUT2D eigenvalue weighted by Crippen LogP contribution is -2.49. The standard InChI is InChI=1S/C15H19N3S/c1-17-14(19)15(13-6-4-10-18-11-13)8-3-2-5-12(15)7-9-16/h4,6,10-12H,2-3,5,7-8H2,1H3,(H,17,19)/t12-,15+/m1/s1. The molecule has 0 bridgehead atoms. The first-order chi connectivity index (χ1) is 9.25. The number of nitriles is 1. The maximum absolute atomic E-state index is 9.12. The zero-order chi connectivity index (χ0) is 13.7. The molecule has 100 valence electrons. The number of pyridine rings is 1. The van der Waals surface area contributed by atoms with Gasteiger partial charge in [0.1, 0.15) is 0 Å². The second kappa shape index (κ2) is 6.12. The van der Waals surface area contributed by atoms with E-state index in [0.717, 1.165) is 29.8 Å². The normalized spacial score (nSPS) is 26.4. The average molecular weight is 273 g/mol. The minimum atomic E-state index is -0.216. The van der Waals surface area contributed by atoms with Crippen LogP contribution >= 0.6 is 12.2 Å². The quantitative estimate of drug-likeness (QED) is 0.860. The molecule has 0 aromatic carbocycles. The zero-order valence-electron chi connectivity index (χ0n) is 11.2. The first kappa shape index (κ1) is 14.0. The van der Waals surface area contributed by atoms with Crippen LogP contribution in [0.3, 0.4) is 0 Å². The summed E-state index contributed by atoms with van der Waals surface area (Å²) in [6.45, 7) is 0. The molecule has 1 heterocycles. The van der Waals surface area contributed by atoms with E-state index in [2.05, 4.69) is 22.4 Å². The highest BCUT2D eigenvalue weighted by Gasteiger charge is 2.45. The number of nitrogens with one attached hydrogen (secondary N) is 1. The van der Waals surface area contributed by atoms with Crippen LogP contribution in [0, 0.1) is 17.2 Å². The van der Waals surface area contributed by atoms with E-state index in [9.17, 15) is 0 Å². The van der Waals surface area contributed by atoms with E-state index in [1.54, 1.807) is 6.20 Å². The van der Waals surface area contributed by atoms with E-state index in [0.29, 0.717) is 6.42 Å². The summed E-state index contributed by atoms with van der Waals surface area (Å²) in [5.41, 5.74) is 0.932. The Bertz CT molecular complexity index is 480. The molecule has 0 amide bonds. The highest BCUT2D eigenvalue weighted by atomic mass is 32.1. The van der Waals surface area contributed by atoms with E-state index in [4.69, 9.17) is 17.5 Å². The minimum absolute atomic E-state index is 0.216. The van der Waals surface area contributed by atoms with Gasteiger partial charge in [-0.1, -0.05) is 31.1 Å². The van der Waals surface area contributed by atoms with Crippen molar-refractivity contribution in [1.82, 2.24) is 10.3 Å². The summed E-state index contributed by atoms with van der Waals surface area (Å²) in [6, 6.07) is 6.37. The molecule has 19 heavy (non-hydrogen) atoms. The lowest BCUT2D eigenvalue weighted by atomic mass is 9.61. The first-order valence-corrected chi connectivity index (χ1v) is 7.16. The third kappa shape index (κ3) is 2.48. The Hall–Kier alpha value is -1.47. The fourth-order valence-electron chi connectivity index (χ4n) is 3.29. The van der Waals surface area contributed by atoms with Gasteiger partial charge in [-0.25, -0.2) is 0 Å². The summed E-state index contributed by atoms with van der Waals surface area (Å²) in [5.74, 6) is 0.287. The van der Waals surface area contributed by atoms with Crippen molar-refractivity contribution in [2.75, 3.05) is 7.05 Å². The predicted molar refractivity (Wildman–Crippen MR) is 79.8 cm³/mol. The van der Waals surface area contributed by atoms with Crippen LogP contribution in [-0.4, -0.2) is 17.0 Å². The number of hydrogen-bond donors (Lipinski definition) is 1. The van der Waals surface area contributed by atoms with Gasteiger partial charge < -0.3 is 5.32 Å². The summed E-state index contributed by atoms with van der Waals surface area (Å²) in [4.78, 5) is 5.09. The molecule has 1 aromatic heterocycles. The molecule has 4 heteroatoms. The van der Waals surface area contributed by atoms with Crippen molar-refractivity contribution < 1.29 is 0 Å². The molecule has 0 spiro atoms. The maximum atomic E-state index is 9.12. The second-order valence-electron chi connectivity index (χ2n) is 5.10. The van der Waals surface area contributed by atoms with Crippen LogP contribution in [0.1, 0.15) is 37.7 Å². The van der Waals surface area contributed by atoms with Crippen molar-refractivity contribution in [3.63, 3.8) is 0 Å². The van der Waals surface area contributed by atoms with Crippen LogP contribution in [0.2, 0.25) is 0 Å². The molecule has 1 saturated carbocycles. The third-order valence-electron chi connectivity index (χ3n) is 4.22. The fourth-order valence-corrected chi connectivity index (χ4v) is 3.68. The van der Waals surface area contributed by atoms with E-state index in [-0.39, 0.29) is 11.3 Å². The van der Waals surface area contributed by atoms with Crippen LogP contribution in [0.5, 0.6) is 0 Å². The molecular weight excluding hydrogens is 254 g/mol. The Morgan fingerprint density at radius 2 is 2.47 bits per heavy atom. The van der Waals surface area contributed by atoms with Gasteiger partial charge in [0.25, 0.3) is 0 Å². The molecule has 2 atom stereocenters. The molecule has 0 unspecified atom stereocenters. The van der Waals surface area contributed by atoms with Gasteiger partial charge in [-0.3, -0.25) is 4.98 Å². The maximum Gasteiger partial charge on any atom is 0.0861 e. The topological polar surface area (TPSA) is 48.7 Å². The second-order valence-corrected chi connectivity index (χ2v) is 5.51. The Morgan fingerprint density at radius 1 is 1.63 bits per heavy atom. The van der Waals surface area contributed by atoms with Crippen molar-refractivity contribution >= 4 is 17.2 Å². The van der Waals surface area contributed by atoms with Crippen molar-refractivity contribution in [1.29, 1.82) is 5.26 Å². The van der Waals surface area contributed by atoms with Gasteiger partial charge in [0.2, 0.25) is 0 Å². The molecule has 2 rings (SSSR count). The molecular formula is C15H19N3S. The summed E-state index contributed by atoms with van der Waals surface area (Å²) in [7, 11) is 1.87. The Labute approximate surface area is 120 Å². The molecule has 0 aliphatic heterocycles. The van der Waals surface area contributed by atoms with Gasteiger partial charge in [-0.05, 0) is 30.4 Å². The highest BCUT2D eigenvalue weighted by molar-refractivity contribution is 7.80. The smallest absolute Gasteiger partial charge is 0.0861 e. The van der Waals surface area contributed by atoms with E-state index in [1.165, 1.54) is 6.42 Å². The molecule has 3 nitrogen and oxygen atoms in total.